The third-order valence-electron chi connectivity index (χ3n) is 2.59. The van der Waals surface area contributed by atoms with Crippen molar-refractivity contribution in [1.82, 2.24) is 5.16 Å². The molecule has 0 aliphatic rings. The summed E-state index contributed by atoms with van der Waals surface area (Å²) >= 11 is 3.44. The van der Waals surface area contributed by atoms with Gasteiger partial charge in [0.2, 0.25) is 0 Å². The van der Waals surface area contributed by atoms with Crippen molar-refractivity contribution in [3.05, 3.63) is 46.9 Å². The van der Waals surface area contributed by atoms with Gasteiger partial charge >= 0.3 is 0 Å². The molecule has 0 amide bonds. The van der Waals surface area contributed by atoms with Gasteiger partial charge in [-0.2, -0.15) is 0 Å². The second-order valence-electron chi connectivity index (χ2n) is 3.80. The molecule has 0 fully saturated rings. The summed E-state index contributed by atoms with van der Waals surface area (Å²) in [5.74, 6) is 0.744. The van der Waals surface area contributed by atoms with Gasteiger partial charge in [0.25, 0.3) is 0 Å². The maximum Gasteiger partial charge on any atom is 0.174 e. The van der Waals surface area contributed by atoms with E-state index < -0.39 is 0 Å². The van der Waals surface area contributed by atoms with Crippen LogP contribution in [0.3, 0.4) is 0 Å². The number of nitrogen functional groups attached to an aromatic ring is 1. The molecule has 17 heavy (non-hydrogen) atoms. The number of nitrogens with zero attached hydrogens (tertiary/aromatic N) is 1. The fraction of sp³-hybridized carbons (Fsp3) is 0. The summed E-state index contributed by atoms with van der Waals surface area (Å²) in [6, 6.07) is 13.4. The van der Waals surface area contributed by atoms with E-state index in [1.54, 1.807) is 0 Å². The Morgan fingerprint density at radius 3 is 2.82 bits per heavy atom. The number of hydrogen-bond donors (Lipinski definition) is 1. The number of rotatable bonds is 1. The first-order valence-corrected chi connectivity index (χ1v) is 5.94. The lowest BCUT2D eigenvalue weighted by Crippen LogP contribution is -1.84. The van der Waals surface area contributed by atoms with E-state index in [0.717, 1.165) is 26.7 Å². The number of halogens is 1. The number of anilines is 1. The van der Waals surface area contributed by atoms with Crippen LogP contribution in [0.1, 0.15) is 0 Å². The Balaban J connectivity index is 2.27. The maximum absolute atomic E-state index is 5.77. The fourth-order valence-corrected chi connectivity index (χ4v) is 2.16. The second-order valence-corrected chi connectivity index (χ2v) is 4.71. The van der Waals surface area contributed by atoms with Crippen LogP contribution in [0, 0.1) is 0 Å². The molecule has 0 aliphatic heterocycles. The molecule has 4 heteroatoms. The molecule has 0 bridgehead atoms. The number of hydrogen-bond acceptors (Lipinski definition) is 3. The average molecular weight is 289 g/mol. The summed E-state index contributed by atoms with van der Waals surface area (Å²) in [6.45, 7) is 0. The first-order valence-electron chi connectivity index (χ1n) is 5.15. The molecule has 84 valence electrons. The molecule has 0 atom stereocenters. The molecule has 1 aromatic heterocycles. The van der Waals surface area contributed by atoms with Crippen molar-refractivity contribution in [2.24, 2.45) is 0 Å². The predicted octanol–water partition coefficient (Wildman–Crippen LogP) is 3.84. The van der Waals surface area contributed by atoms with E-state index >= 15 is 0 Å². The van der Waals surface area contributed by atoms with Crippen molar-refractivity contribution in [2.45, 2.75) is 0 Å². The second kappa shape index (κ2) is 3.89. The van der Waals surface area contributed by atoms with Gasteiger partial charge in [-0.15, -0.1) is 0 Å². The SMILES string of the molecule is Nc1cccc(-c2onc3ccc(Br)cc23)c1. The molecule has 3 nitrogen and oxygen atoms in total. The van der Waals surface area contributed by atoms with Crippen LogP contribution in [0.25, 0.3) is 22.2 Å². The highest BCUT2D eigenvalue weighted by Gasteiger charge is 2.10. The monoisotopic (exact) mass is 288 g/mol. The Kier molecular flexibility index (Phi) is 2.37. The van der Waals surface area contributed by atoms with Gasteiger partial charge in [-0.05, 0) is 30.3 Å². The van der Waals surface area contributed by atoms with Gasteiger partial charge in [-0.1, -0.05) is 33.2 Å². The molecule has 2 N–H and O–H groups in total. The molecule has 0 aliphatic carbocycles. The fourth-order valence-electron chi connectivity index (χ4n) is 1.80. The lowest BCUT2D eigenvalue weighted by Gasteiger charge is -1.98. The molecule has 1 heterocycles. The van der Waals surface area contributed by atoms with Gasteiger partial charge in [0.05, 0.1) is 5.39 Å². The number of aromatic nitrogens is 1. The van der Waals surface area contributed by atoms with Crippen molar-refractivity contribution in [1.29, 1.82) is 0 Å². The first kappa shape index (κ1) is 10.4. The standard InChI is InChI=1S/C13H9BrN2O/c14-9-4-5-12-11(7-9)13(17-16-12)8-2-1-3-10(15)6-8/h1-7H,15H2. The van der Waals surface area contributed by atoms with Crippen molar-refractivity contribution in [3.63, 3.8) is 0 Å². The van der Waals surface area contributed by atoms with Crippen LogP contribution in [0.15, 0.2) is 51.5 Å². The van der Waals surface area contributed by atoms with E-state index in [0.29, 0.717) is 5.69 Å². The molecule has 3 aromatic rings. The van der Waals surface area contributed by atoms with Crippen molar-refractivity contribution in [2.75, 3.05) is 5.73 Å². The quantitative estimate of drug-likeness (QED) is 0.692. The molecule has 2 aromatic carbocycles. The van der Waals surface area contributed by atoms with Crippen LogP contribution >= 0.6 is 15.9 Å². The average Bonchev–Trinajstić information content (AvgIpc) is 2.71. The Morgan fingerprint density at radius 1 is 1.12 bits per heavy atom. The van der Waals surface area contributed by atoms with Gasteiger partial charge < -0.3 is 10.3 Å². The van der Waals surface area contributed by atoms with Gasteiger partial charge in [-0.3, -0.25) is 0 Å². The van der Waals surface area contributed by atoms with Crippen molar-refractivity contribution in [3.8, 4) is 11.3 Å². The van der Waals surface area contributed by atoms with Gasteiger partial charge in [-0.25, -0.2) is 0 Å². The van der Waals surface area contributed by atoms with Crippen LogP contribution in [-0.4, -0.2) is 5.16 Å². The van der Waals surface area contributed by atoms with E-state index in [9.17, 15) is 0 Å². The summed E-state index contributed by atoms with van der Waals surface area (Å²) in [5, 5.41) is 5.01. The first-order chi connectivity index (χ1) is 8.24. The minimum atomic E-state index is 0.710. The van der Waals surface area contributed by atoms with E-state index in [1.165, 1.54) is 0 Å². The summed E-state index contributed by atoms with van der Waals surface area (Å²) in [4.78, 5) is 0. The zero-order valence-electron chi connectivity index (χ0n) is 8.85. The smallest absolute Gasteiger partial charge is 0.174 e. The minimum absolute atomic E-state index is 0.710. The largest absolute Gasteiger partial charge is 0.399 e. The number of fused-ring (bicyclic) bond motifs is 1. The molecule has 0 unspecified atom stereocenters. The van der Waals surface area contributed by atoms with E-state index in [4.69, 9.17) is 10.3 Å². The van der Waals surface area contributed by atoms with Crippen LogP contribution in [0.4, 0.5) is 5.69 Å². The Hall–Kier alpha value is -1.81. The normalized spacial score (nSPS) is 10.9. The van der Waals surface area contributed by atoms with Gasteiger partial charge in [0, 0.05) is 15.7 Å². The predicted molar refractivity (Wildman–Crippen MR) is 71.6 cm³/mol. The zero-order valence-corrected chi connectivity index (χ0v) is 10.4. The molecular formula is C13H9BrN2O. The minimum Gasteiger partial charge on any atom is -0.399 e. The van der Waals surface area contributed by atoms with Crippen molar-refractivity contribution >= 4 is 32.5 Å². The van der Waals surface area contributed by atoms with E-state index in [1.807, 2.05) is 42.5 Å². The Labute approximate surface area is 106 Å². The molecular weight excluding hydrogens is 280 g/mol. The Bertz CT molecular complexity index is 691. The van der Waals surface area contributed by atoms with Crippen LogP contribution in [-0.2, 0) is 0 Å². The summed E-state index contributed by atoms with van der Waals surface area (Å²) in [7, 11) is 0. The van der Waals surface area contributed by atoms with Crippen LogP contribution in [0.2, 0.25) is 0 Å². The van der Waals surface area contributed by atoms with E-state index in [-0.39, 0.29) is 0 Å². The molecule has 0 radical (unpaired) electrons. The van der Waals surface area contributed by atoms with Crippen LogP contribution < -0.4 is 5.73 Å². The molecule has 0 saturated carbocycles. The highest BCUT2D eigenvalue weighted by atomic mass is 79.9. The van der Waals surface area contributed by atoms with Gasteiger partial charge in [0.15, 0.2) is 5.76 Å². The third kappa shape index (κ3) is 1.80. The molecule has 3 rings (SSSR count). The third-order valence-corrected chi connectivity index (χ3v) is 3.08. The summed E-state index contributed by atoms with van der Waals surface area (Å²) in [5.41, 5.74) is 8.25. The lowest BCUT2D eigenvalue weighted by atomic mass is 10.1. The van der Waals surface area contributed by atoms with Gasteiger partial charge in [0.1, 0.15) is 5.52 Å². The maximum atomic E-state index is 5.77. The highest BCUT2D eigenvalue weighted by molar-refractivity contribution is 9.10. The number of benzene rings is 2. The zero-order chi connectivity index (χ0) is 11.8. The number of nitrogens with two attached hydrogens (primary N) is 1. The topological polar surface area (TPSA) is 52.0 Å². The molecule has 0 spiro atoms. The highest BCUT2D eigenvalue weighted by Crippen LogP contribution is 2.31. The Morgan fingerprint density at radius 2 is 2.00 bits per heavy atom. The summed E-state index contributed by atoms with van der Waals surface area (Å²) < 4.78 is 6.38. The lowest BCUT2D eigenvalue weighted by molar-refractivity contribution is 0.441. The van der Waals surface area contributed by atoms with Crippen LogP contribution in [0.5, 0.6) is 0 Å². The molecule has 0 saturated heterocycles. The van der Waals surface area contributed by atoms with E-state index in [2.05, 4.69) is 21.1 Å². The van der Waals surface area contributed by atoms with Crippen molar-refractivity contribution < 1.29 is 4.52 Å². The summed E-state index contributed by atoms with van der Waals surface area (Å²) in [6.07, 6.45) is 0.